The molecule has 1 aromatic carbocycles. The predicted octanol–water partition coefficient (Wildman–Crippen LogP) is 6.69. The highest BCUT2D eigenvalue weighted by atomic mass is 32.2. The Bertz CT molecular complexity index is 938. The molecular formula is C17H17F7O3S2. The molecule has 3 nitrogen and oxygen atoms in total. The largest absolute Gasteiger partial charge is 0.741 e. The van der Waals surface area contributed by atoms with Crippen molar-refractivity contribution in [2.45, 2.75) is 55.5 Å². The molecule has 3 rings (SSSR count). The SMILES string of the molecule is Fc1ccc2cc(C3CCCCCC3)[s+](C(F)(F)F)c2c1.O=S(=O)([O-])C(F)(F)F. The van der Waals surface area contributed by atoms with Crippen LogP contribution in [-0.4, -0.2) is 18.5 Å². The summed E-state index contributed by atoms with van der Waals surface area (Å²) in [7, 11) is -8.04. The van der Waals surface area contributed by atoms with Gasteiger partial charge in [0.05, 0.1) is 10.5 Å². The third-order valence-electron chi connectivity index (χ3n) is 4.50. The zero-order valence-electron chi connectivity index (χ0n) is 14.8. The zero-order chi connectivity index (χ0) is 22.0. The van der Waals surface area contributed by atoms with E-state index in [2.05, 4.69) is 0 Å². The van der Waals surface area contributed by atoms with Crippen molar-refractivity contribution in [1.29, 1.82) is 0 Å². The van der Waals surface area contributed by atoms with Crippen molar-refractivity contribution in [3.63, 3.8) is 0 Å². The van der Waals surface area contributed by atoms with Gasteiger partial charge in [-0.15, -0.1) is 13.2 Å². The molecule has 0 bridgehead atoms. The Kier molecular flexibility index (Phi) is 7.21. The average Bonchev–Trinajstić information content (AvgIpc) is 2.74. The van der Waals surface area contributed by atoms with Crippen molar-refractivity contribution in [2.24, 2.45) is 0 Å². The summed E-state index contributed by atoms with van der Waals surface area (Å²) in [5, 5.41) is 0.538. The molecule has 1 aliphatic carbocycles. The standard InChI is InChI=1S/C16H17F4S.CHF3O3S/c17-13-8-7-12-9-14(11-5-3-1-2-4-6-11)21(15(12)10-13)16(18,19)20;2-1(3,4)8(5,6)7/h7-11H,1-6H2;(H,5,6,7)/q+1;/p-1. The van der Waals surface area contributed by atoms with Crippen molar-refractivity contribution in [1.82, 2.24) is 0 Å². The summed E-state index contributed by atoms with van der Waals surface area (Å²) in [5.41, 5.74) is -9.97. The molecule has 29 heavy (non-hydrogen) atoms. The number of fused-ring (bicyclic) bond motifs is 1. The Balaban J connectivity index is 0.000000321. The number of rotatable bonds is 1. The van der Waals surface area contributed by atoms with Gasteiger partial charge in [0.1, 0.15) is 5.82 Å². The normalized spacial score (nSPS) is 17.6. The van der Waals surface area contributed by atoms with E-state index in [4.69, 9.17) is 13.0 Å². The van der Waals surface area contributed by atoms with Gasteiger partial charge in [-0.1, -0.05) is 25.7 Å². The van der Waals surface area contributed by atoms with Gasteiger partial charge < -0.3 is 4.55 Å². The van der Waals surface area contributed by atoms with Crippen LogP contribution in [-0.2, 0) is 15.6 Å². The fourth-order valence-corrected chi connectivity index (χ4v) is 5.43. The lowest BCUT2D eigenvalue weighted by molar-refractivity contribution is -0.0868. The molecule has 2 aromatic rings. The van der Waals surface area contributed by atoms with Crippen LogP contribution in [0.15, 0.2) is 24.3 Å². The molecule has 1 unspecified atom stereocenters. The fraction of sp³-hybridized carbons (Fsp3) is 0.529. The first kappa shape index (κ1) is 23.9. The van der Waals surface area contributed by atoms with E-state index in [1.807, 2.05) is 0 Å². The molecule has 0 radical (unpaired) electrons. The summed E-state index contributed by atoms with van der Waals surface area (Å²) >= 11 is 0. The van der Waals surface area contributed by atoms with Crippen molar-refractivity contribution in [2.75, 3.05) is 0 Å². The van der Waals surface area contributed by atoms with Gasteiger partial charge in [-0.2, -0.15) is 13.2 Å². The van der Waals surface area contributed by atoms with E-state index in [-0.39, 0.29) is 10.6 Å². The van der Waals surface area contributed by atoms with E-state index in [1.54, 1.807) is 6.07 Å². The van der Waals surface area contributed by atoms with Gasteiger partial charge in [-0.05, 0) is 25.0 Å². The van der Waals surface area contributed by atoms with E-state index < -0.39 is 37.4 Å². The van der Waals surface area contributed by atoms with Gasteiger partial charge in [0.25, 0.3) is 0 Å². The fourth-order valence-electron chi connectivity index (χ4n) is 3.25. The van der Waals surface area contributed by atoms with Crippen LogP contribution >= 0.6 is 10.5 Å². The third-order valence-corrected chi connectivity index (χ3v) is 7.25. The van der Waals surface area contributed by atoms with E-state index in [0.717, 1.165) is 44.6 Å². The minimum Gasteiger partial charge on any atom is -0.741 e. The van der Waals surface area contributed by atoms with Crippen LogP contribution in [0.5, 0.6) is 0 Å². The summed E-state index contributed by atoms with van der Waals surface area (Å²) in [5.74, 6) is -0.598. The quantitative estimate of drug-likeness (QED) is 0.155. The van der Waals surface area contributed by atoms with Crippen LogP contribution in [0.4, 0.5) is 30.7 Å². The summed E-state index contributed by atoms with van der Waals surface area (Å²) in [4.78, 5) is 0.477. The van der Waals surface area contributed by atoms with Gasteiger partial charge >= 0.3 is 11.0 Å². The molecule has 0 aliphatic heterocycles. The molecule has 1 atom stereocenters. The third kappa shape index (κ3) is 6.05. The van der Waals surface area contributed by atoms with Crippen molar-refractivity contribution >= 4 is 30.7 Å². The monoisotopic (exact) mass is 466 g/mol. The van der Waals surface area contributed by atoms with Gasteiger partial charge in [0, 0.05) is 23.4 Å². The lowest BCUT2D eigenvalue weighted by Crippen LogP contribution is -2.21. The lowest BCUT2D eigenvalue weighted by Gasteiger charge is -2.10. The first-order valence-electron chi connectivity index (χ1n) is 8.56. The number of hydrogen-bond donors (Lipinski definition) is 0. The second-order valence-corrected chi connectivity index (χ2v) is 9.93. The minimum absolute atomic E-state index is 0.00656. The molecule has 1 aromatic heterocycles. The Hall–Kier alpha value is -1.40. The maximum Gasteiger partial charge on any atom is 0.600 e. The summed E-state index contributed by atoms with van der Waals surface area (Å²) < 4.78 is 113. The molecular weight excluding hydrogens is 449 g/mol. The first-order valence-corrected chi connectivity index (χ1v) is 11.2. The van der Waals surface area contributed by atoms with E-state index in [9.17, 15) is 30.7 Å². The molecule has 1 heterocycles. The molecule has 0 spiro atoms. The second-order valence-electron chi connectivity index (χ2n) is 6.57. The van der Waals surface area contributed by atoms with Crippen molar-refractivity contribution in [3.8, 4) is 0 Å². The molecule has 12 heteroatoms. The molecule has 0 saturated heterocycles. The van der Waals surface area contributed by atoms with E-state index >= 15 is 0 Å². The van der Waals surface area contributed by atoms with Crippen LogP contribution in [0.2, 0.25) is 0 Å². The topological polar surface area (TPSA) is 57.2 Å². The van der Waals surface area contributed by atoms with Crippen LogP contribution in [0.1, 0.15) is 49.3 Å². The highest BCUT2D eigenvalue weighted by molar-refractivity contribution is 7.86. The summed E-state index contributed by atoms with van der Waals surface area (Å²) in [6.45, 7) is 0. The first-order chi connectivity index (χ1) is 13.2. The van der Waals surface area contributed by atoms with Gasteiger partial charge in [0.2, 0.25) is 0 Å². The van der Waals surface area contributed by atoms with Crippen LogP contribution in [0.3, 0.4) is 0 Å². The number of thiophene rings is 1. The minimum atomic E-state index is -6.09. The molecule has 164 valence electrons. The Morgan fingerprint density at radius 1 is 0.931 bits per heavy atom. The maximum atomic E-state index is 13.5. The highest BCUT2D eigenvalue weighted by Crippen LogP contribution is 2.54. The van der Waals surface area contributed by atoms with Crippen molar-refractivity contribution in [3.05, 3.63) is 35.0 Å². The number of halogens is 7. The van der Waals surface area contributed by atoms with Crippen molar-refractivity contribution < 1.29 is 43.7 Å². The van der Waals surface area contributed by atoms with Crippen LogP contribution in [0, 0.1) is 5.82 Å². The second kappa shape index (κ2) is 8.76. The molecule has 0 N–H and O–H groups in total. The van der Waals surface area contributed by atoms with Crippen LogP contribution < -0.4 is 0 Å². The Morgan fingerprint density at radius 3 is 1.90 bits per heavy atom. The smallest absolute Gasteiger partial charge is 0.600 e. The number of hydrogen-bond acceptors (Lipinski definition) is 3. The van der Waals surface area contributed by atoms with Gasteiger partial charge in [-0.3, -0.25) is 0 Å². The number of benzene rings is 1. The lowest BCUT2D eigenvalue weighted by atomic mass is 9.98. The van der Waals surface area contributed by atoms with E-state index in [1.165, 1.54) is 12.1 Å². The summed E-state index contributed by atoms with van der Waals surface area (Å²) in [6.07, 6.45) is 5.82. The van der Waals surface area contributed by atoms with E-state index in [0.29, 0.717) is 10.3 Å². The summed E-state index contributed by atoms with van der Waals surface area (Å²) in [6, 6.07) is 5.44. The molecule has 1 saturated carbocycles. The average molecular weight is 466 g/mol. The Morgan fingerprint density at radius 2 is 1.45 bits per heavy atom. The highest BCUT2D eigenvalue weighted by Gasteiger charge is 2.49. The molecule has 1 fully saturated rings. The Labute approximate surface area is 165 Å². The molecule has 0 amide bonds. The predicted molar refractivity (Wildman–Crippen MR) is 93.9 cm³/mol. The van der Waals surface area contributed by atoms with Gasteiger partial charge in [0.15, 0.2) is 19.7 Å². The molecule has 1 aliphatic rings. The zero-order valence-corrected chi connectivity index (χ0v) is 16.4. The van der Waals surface area contributed by atoms with Gasteiger partial charge in [-0.25, -0.2) is 12.8 Å². The maximum absolute atomic E-state index is 13.5. The van der Waals surface area contributed by atoms with Crippen LogP contribution in [0.25, 0.3) is 10.1 Å². The number of alkyl halides is 6.